The first-order chi connectivity index (χ1) is 3.81. The second-order valence-corrected chi connectivity index (χ2v) is 1.45. The summed E-state index contributed by atoms with van der Waals surface area (Å²) in [6.45, 7) is 3.23. The van der Waals surface area contributed by atoms with Gasteiger partial charge >= 0.3 is 0 Å². The molecule has 0 aromatic heterocycles. The summed E-state index contributed by atoms with van der Waals surface area (Å²) >= 11 is 0. The zero-order chi connectivity index (χ0) is 6.41. The number of likely N-dealkylation sites (N-methyl/N-ethyl adjacent to an activating group) is 2. The van der Waals surface area contributed by atoms with Crippen LogP contribution in [0.15, 0.2) is 0 Å². The molecule has 0 spiro atoms. The quantitative estimate of drug-likeness (QED) is 0.514. The molecule has 0 aliphatic carbocycles. The maximum absolute atomic E-state index is 10.4. The van der Waals surface area contributed by atoms with Crippen molar-refractivity contribution in [3.63, 3.8) is 0 Å². The molecule has 0 aromatic rings. The Morgan fingerprint density at radius 3 is 2.62 bits per heavy atom. The number of rotatable bonds is 3. The van der Waals surface area contributed by atoms with Gasteiger partial charge in [-0.25, -0.2) is 0 Å². The van der Waals surface area contributed by atoms with Crippen LogP contribution in [0.25, 0.3) is 0 Å². The van der Waals surface area contributed by atoms with Gasteiger partial charge in [-0.15, -0.1) is 0 Å². The standard InChI is InChI=1S/C5H12N2O/c1-3-7-4-5(8)6-2/h7H,3-4H2,1-2H3,(H,6,8). The first-order valence-electron chi connectivity index (χ1n) is 2.72. The predicted octanol–water partition coefficient (Wildman–Crippen LogP) is -0.658. The van der Waals surface area contributed by atoms with Crippen LogP contribution in [0.3, 0.4) is 0 Å². The SMILES string of the molecule is CCNCC(=O)NC. The predicted molar refractivity (Wildman–Crippen MR) is 32.6 cm³/mol. The average molecular weight is 116 g/mol. The first-order valence-corrected chi connectivity index (χ1v) is 2.72. The molecule has 48 valence electrons. The van der Waals surface area contributed by atoms with Crippen molar-refractivity contribution in [1.29, 1.82) is 0 Å². The summed E-state index contributed by atoms with van der Waals surface area (Å²) in [6.07, 6.45) is 0. The van der Waals surface area contributed by atoms with Crippen LogP contribution in [0.5, 0.6) is 0 Å². The van der Waals surface area contributed by atoms with Crippen LogP contribution in [0.1, 0.15) is 6.92 Å². The first kappa shape index (κ1) is 7.43. The van der Waals surface area contributed by atoms with Crippen LogP contribution in [0.4, 0.5) is 0 Å². The van der Waals surface area contributed by atoms with E-state index in [-0.39, 0.29) is 5.91 Å². The van der Waals surface area contributed by atoms with Gasteiger partial charge in [0, 0.05) is 7.05 Å². The van der Waals surface area contributed by atoms with Gasteiger partial charge in [-0.3, -0.25) is 4.79 Å². The molecule has 0 aromatic carbocycles. The molecule has 0 saturated carbocycles. The Hall–Kier alpha value is -0.570. The lowest BCUT2D eigenvalue weighted by Gasteiger charge is -1.97. The molecule has 1 amide bonds. The molecule has 0 aliphatic rings. The van der Waals surface area contributed by atoms with Crippen LogP contribution < -0.4 is 10.6 Å². The molecular formula is C5H12N2O. The maximum Gasteiger partial charge on any atom is 0.233 e. The number of amides is 1. The third-order valence-corrected chi connectivity index (χ3v) is 0.814. The molecule has 2 N–H and O–H groups in total. The van der Waals surface area contributed by atoms with E-state index in [0.29, 0.717) is 6.54 Å². The van der Waals surface area contributed by atoms with Crippen LogP contribution in [-0.2, 0) is 4.79 Å². The highest BCUT2D eigenvalue weighted by atomic mass is 16.1. The molecule has 0 unspecified atom stereocenters. The Morgan fingerprint density at radius 1 is 1.62 bits per heavy atom. The summed E-state index contributed by atoms with van der Waals surface area (Å²) < 4.78 is 0. The van der Waals surface area contributed by atoms with Crippen molar-refractivity contribution < 1.29 is 4.79 Å². The van der Waals surface area contributed by atoms with Gasteiger partial charge in [0.05, 0.1) is 6.54 Å². The van der Waals surface area contributed by atoms with E-state index in [9.17, 15) is 4.79 Å². The van der Waals surface area contributed by atoms with E-state index in [1.807, 2.05) is 6.92 Å². The fourth-order valence-corrected chi connectivity index (χ4v) is 0.327. The highest BCUT2D eigenvalue weighted by molar-refractivity contribution is 5.77. The minimum Gasteiger partial charge on any atom is -0.358 e. The highest BCUT2D eigenvalue weighted by Crippen LogP contribution is 1.57. The number of carbonyl (C=O) groups excluding carboxylic acids is 1. The molecule has 0 atom stereocenters. The molecule has 0 fully saturated rings. The molecule has 0 saturated heterocycles. The Balaban J connectivity index is 2.99. The van der Waals surface area contributed by atoms with Gasteiger partial charge in [-0.05, 0) is 6.54 Å². The van der Waals surface area contributed by atoms with Gasteiger partial charge in [0.25, 0.3) is 0 Å². The second kappa shape index (κ2) is 4.59. The minimum atomic E-state index is 0.0341. The summed E-state index contributed by atoms with van der Waals surface area (Å²) in [4.78, 5) is 10.4. The lowest BCUT2D eigenvalue weighted by molar-refractivity contribution is -0.119. The number of carbonyl (C=O) groups is 1. The third kappa shape index (κ3) is 3.61. The molecule has 3 nitrogen and oxygen atoms in total. The van der Waals surface area contributed by atoms with E-state index >= 15 is 0 Å². The third-order valence-electron chi connectivity index (χ3n) is 0.814. The molecule has 0 rings (SSSR count). The van der Waals surface area contributed by atoms with Crippen molar-refractivity contribution in [2.75, 3.05) is 20.1 Å². The Morgan fingerprint density at radius 2 is 2.25 bits per heavy atom. The molecule has 0 heterocycles. The topological polar surface area (TPSA) is 41.1 Å². The summed E-state index contributed by atoms with van der Waals surface area (Å²) in [5, 5.41) is 5.39. The largest absolute Gasteiger partial charge is 0.358 e. The van der Waals surface area contributed by atoms with E-state index in [1.54, 1.807) is 7.05 Å². The lowest BCUT2D eigenvalue weighted by Crippen LogP contribution is -2.30. The highest BCUT2D eigenvalue weighted by Gasteiger charge is 1.91. The average Bonchev–Trinajstić information content (AvgIpc) is 1.83. The number of nitrogens with one attached hydrogen (secondary N) is 2. The van der Waals surface area contributed by atoms with Gasteiger partial charge in [-0.2, -0.15) is 0 Å². The summed E-state index contributed by atoms with van der Waals surface area (Å²) in [5.74, 6) is 0.0341. The molecular weight excluding hydrogens is 104 g/mol. The van der Waals surface area contributed by atoms with Crippen molar-refractivity contribution >= 4 is 5.91 Å². The van der Waals surface area contributed by atoms with E-state index in [2.05, 4.69) is 10.6 Å². The van der Waals surface area contributed by atoms with Crippen molar-refractivity contribution in [2.45, 2.75) is 6.92 Å². The smallest absolute Gasteiger partial charge is 0.233 e. The van der Waals surface area contributed by atoms with Crippen LogP contribution >= 0.6 is 0 Å². The van der Waals surface area contributed by atoms with Gasteiger partial charge in [0.2, 0.25) is 5.91 Å². The molecule has 0 aliphatic heterocycles. The summed E-state index contributed by atoms with van der Waals surface area (Å²) in [7, 11) is 1.62. The van der Waals surface area contributed by atoms with Crippen molar-refractivity contribution in [3.8, 4) is 0 Å². The second-order valence-electron chi connectivity index (χ2n) is 1.45. The van der Waals surface area contributed by atoms with Gasteiger partial charge in [-0.1, -0.05) is 6.92 Å². The van der Waals surface area contributed by atoms with E-state index in [4.69, 9.17) is 0 Å². The fourth-order valence-electron chi connectivity index (χ4n) is 0.327. The van der Waals surface area contributed by atoms with E-state index in [1.165, 1.54) is 0 Å². The minimum absolute atomic E-state index is 0.0341. The molecule has 0 bridgehead atoms. The normalized spacial score (nSPS) is 8.75. The van der Waals surface area contributed by atoms with Crippen LogP contribution in [-0.4, -0.2) is 26.0 Å². The molecule has 3 heteroatoms. The Labute approximate surface area is 49.5 Å². The Bertz CT molecular complexity index is 72.8. The summed E-state index contributed by atoms with van der Waals surface area (Å²) in [5.41, 5.74) is 0. The monoisotopic (exact) mass is 116 g/mol. The van der Waals surface area contributed by atoms with Crippen molar-refractivity contribution in [2.24, 2.45) is 0 Å². The van der Waals surface area contributed by atoms with Crippen molar-refractivity contribution in [1.82, 2.24) is 10.6 Å². The molecule has 0 radical (unpaired) electrons. The van der Waals surface area contributed by atoms with E-state index in [0.717, 1.165) is 6.54 Å². The zero-order valence-corrected chi connectivity index (χ0v) is 5.32. The number of hydrogen-bond acceptors (Lipinski definition) is 2. The van der Waals surface area contributed by atoms with Crippen LogP contribution in [0.2, 0.25) is 0 Å². The molecule has 8 heavy (non-hydrogen) atoms. The van der Waals surface area contributed by atoms with Gasteiger partial charge in [0.1, 0.15) is 0 Å². The van der Waals surface area contributed by atoms with E-state index < -0.39 is 0 Å². The van der Waals surface area contributed by atoms with Crippen LogP contribution in [0, 0.1) is 0 Å². The Kier molecular flexibility index (Phi) is 4.26. The lowest BCUT2D eigenvalue weighted by atomic mass is 10.6. The summed E-state index contributed by atoms with van der Waals surface area (Å²) in [6, 6.07) is 0. The van der Waals surface area contributed by atoms with Gasteiger partial charge in [0.15, 0.2) is 0 Å². The number of hydrogen-bond donors (Lipinski definition) is 2. The maximum atomic E-state index is 10.4. The van der Waals surface area contributed by atoms with Gasteiger partial charge < -0.3 is 10.6 Å². The zero-order valence-electron chi connectivity index (χ0n) is 5.32. The fraction of sp³-hybridized carbons (Fsp3) is 0.800. The van der Waals surface area contributed by atoms with Crippen molar-refractivity contribution in [3.05, 3.63) is 0 Å².